The number of nitriles is 1. The number of aliphatic carboxylic acids is 1. The summed E-state index contributed by atoms with van der Waals surface area (Å²) < 4.78 is 49.1. The number of sulfonamides is 1. The van der Waals surface area contributed by atoms with E-state index in [1.165, 1.54) is 0 Å². The van der Waals surface area contributed by atoms with Gasteiger partial charge in [0.05, 0.1) is 34.1 Å². The lowest BCUT2D eigenvalue weighted by atomic mass is 10.0. The van der Waals surface area contributed by atoms with Crippen LogP contribution in [0.3, 0.4) is 0 Å². The number of halogens is 1. The molecule has 13 nitrogen and oxygen atoms in total. The third kappa shape index (κ3) is 9.08. The van der Waals surface area contributed by atoms with Crippen LogP contribution in [-0.2, 0) is 34.3 Å². The Morgan fingerprint density at radius 2 is 1.77 bits per heavy atom. The number of alkyl halides is 1. The first-order valence-electron chi connectivity index (χ1n) is 14.3. The Bertz CT molecular complexity index is 1980. The Hall–Kier alpha value is -4.95. The maximum Gasteiger partial charge on any atom is 0.321 e. The Morgan fingerprint density at radius 3 is 2.45 bits per heavy atom. The second kappa shape index (κ2) is 15.1. The number of benzene rings is 3. The summed E-state index contributed by atoms with van der Waals surface area (Å²) >= 11 is 0.943. The molecule has 47 heavy (non-hydrogen) atoms. The zero-order chi connectivity index (χ0) is 33.4. The summed E-state index contributed by atoms with van der Waals surface area (Å²) in [6, 6.07) is 19.7. The van der Waals surface area contributed by atoms with Gasteiger partial charge in [-0.1, -0.05) is 29.5 Å². The maximum atomic E-state index is 12.5. The van der Waals surface area contributed by atoms with Crippen LogP contribution in [-0.4, -0.2) is 65.3 Å². The van der Waals surface area contributed by atoms with Crippen LogP contribution in [0.25, 0.3) is 10.2 Å². The van der Waals surface area contributed by atoms with Crippen LogP contribution in [0.5, 0.6) is 11.5 Å². The number of nitrogens with zero attached hydrogens (tertiary/aromatic N) is 5. The lowest BCUT2D eigenvalue weighted by Gasteiger charge is -2.21. The highest BCUT2D eigenvalue weighted by Gasteiger charge is 2.22. The number of fused-ring (bicyclic) bond motifs is 1. The topological polar surface area (TPSA) is 195 Å². The fourth-order valence-electron chi connectivity index (χ4n) is 4.70. The average Bonchev–Trinajstić information content (AvgIpc) is 3.72. The van der Waals surface area contributed by atoms with Gasteiger partial charge in [0.1, 0.15) is 43.1 Å². The minimum atomic E-state index is -3.92. The van der Waals surface area contributed by atoms with E-state index in [-0.39, 0.29) is 36.6 Å². The normalized spacial score (nSPS) is 12.8. The Morgan fingerprint density at radius 1 is 1.06 bits per heavy atom. The molecular formula is C31H30FN7O6S2. The number of carbonyl (C=O) groups is 1. The van der Waals surface area contributed by atoms with E-state index in [1.807, 2.05) is 12.1 Å². The molecule has 0 spiro atoms. The molecule has 0 bridgehead atoms. The molecule has 0 unspecified atom stereocenters. The number of thiazole rings is 1. The van der Waals surface area contributed by atoms with Crippen LogP contribution in [0.1, 0.15) is 28.4 Å². The molecule has 0 amide bonds. The molecule has 0 saturated heterocycles. The molecule has 2 heterocycles. The number of carboxylic acid groups (broad SMARTS) is 1. The van der Waals surface area contributed by atoms with Gasteiger partial charge in [0.15, 0.2) is 0 Å². The van der Waals surface area contributed by atoms with Crippen molar-refractivity contribution in [1.29, 1.82) is 5.26 Å². The largest absolute Gasteiger partial charge is 0.491 e. The number of ether oxygens (including phenoxy) is 2. The lowest BCUT2D eigenvalue weighted by Crippen LogP contribution is -2.42. The number of nitrogens with two attached hydrogens (primary N) is 1. The molecule has 4 N–H and O–H groups in total. The van der Waals surface area contributed by atoms with E-state index in [9.17, 15) is 22.7 Å². The molecule has 0 saturated carbocycles. The summed E-state index contributed by atoms with van der Waals surface area (Å²) in [5.74, 6) is -0.0201. The molecule has 2 atom stereocenters. The highest BCUT2D eigenvalue weighted by molar-refractivity contribution is 7.91. The zero-order valence-electron chi connectivity index (χ0n) is 24.8. The van der Waals surface area contributed by atoms with Crippen molar-refractivity contribution in [3.05, 3.63) is 95.3 Å². The minimum Gasteiger partial charge on any atom is -0.491 e. The molecule has 0 fully saturated rings. The van der Waals surface area contributed by atoms with E-state index in [0.717, 1.165) is 22.5 Å². The second-order valence-electron chi connectivity index (χ2n) is 10.5. The van der Waals surface area contributed by atoms with Gasteiger partial charge in [-0.05, 0) is 66.4 Å². The van der Waals surface area contributed by atoms with E-state index in [2.05, 4.69) is 26.7 Å². The van der Waals surface area contributed by atoms with Gasteiger partial charge in [-0.25, -0.2) is 27.6 Å². The first kappa shape index (κ1) is 33.4. The molecular weight excluding hydrogens is 650 g/mol. The van der Waals surface area contributed by atoms with Gasteiger partial charge in [-0.15, -0.1) is 16.4 Å². The fraction of sp³-hybridized carbons (Fsp3) is 0.258. The number of hydrogen-bond donors (Lipinski definition) is 3. The molecule has 0 radical (unpaired) electrons. The Balaban J connectivity index is 1.30. The number of aromatic nitrogens is 4. The van der Waals surface area contributed by atoms with Crippen molar-refractivity contribution in [3.63, 3.8) is 0 Å². The van der Waals surface area contributed by atoms with Crippen molar-refractivity contribution in [1.82, 2.24) is 25.3 Å². The Kier molecular flexibility index (Phi) is 10.7. The quantitative estimate of drug-likeness (QED) is 0.138. The van der Waals surface area contributed by atoms with Gasteiger partial charge in [0.25, 0.3) is 10.0 Å². The monoisotopic (exact) mass is 679 g/mol. The summed E-state index contributed by atoms with van der Waals surface area (Å²) in [5, 5.41) is 35.9. The molecule has 2 aromatic heterocycles. The number of nitrogens with one attached hydrogen (secondary N) is 1. The second-order valence-corrected chi connectivity index (χ2v) is 13.2. The van der Waals surface area contributed by atoms with E-state index < -0.39 is 28.7 Å². The van der Waals surface area contributed by atoms with Gasteiger partial charge in [-0.2, -0.15) is 5.26 Å². The number of rotatable bonds is 16. The molecule has 16 heteroatoms. The van der Waals surface area contributed by atoms with Crippen molar-refractivity contribution in [2.45, 2.75) is 35.9 Å². The van der Waals surface area contributed by atoms with Crippen LogP contribution in [0.2, 0.25) is 0 Å². The van der Waals surface area contributed by atoms with Gasteiger partial charge < -0.3 is 19.9 Å². The van der Waals surface area contributed by atoms with Crippen LogP contribution < -0.4 is 19.9 Å². The highest BCUT2D eigenvalue weighted by atomic mass is 32.2. The fourth-order valence-corrected chi connectivity index (χ4v) is 6.38. The van der Waals surface area contributed by atoms with Crippen LogP contribution in [0.4, 0.5) is 4.39 Å². The molecule has 3 aromatic carbocycles. The average molecular weight is 680 g/mol. The van der Waals surface area contributed by atoms with Gasteiger partial charge >= 0.3 is 5.97 Å². The predicted octanol–water partition coefficient (Wildman–Crippen LogP) is 3.40. The number of hydrogen-bond acceptors (Lipinski definition) is 11. The van der Waals surface area contributed by atoms with Crippen LogP contribution in [0.15, 0.2) is 77.3 Å². The third-order valence-electron chi connectivity index (χ3n) is 7.06. The molecule has 0 aliphatic carbocycles. The van der Waals surface area contributed by atoms with Crippen molar-refractivity contribution in [2.75, 3.05) is 19.8 Å². The molecule has 244 valence electrons. The van der Waals surface area contributed by atoms with Gasteiger partial charge in [-0.3, -0.25) is 4.79 Å². The summed E-state index contributed by atoms with van der Waals surface area (Å²) in [4.78, 5) is 16.2. The first-order chi connectivity index (χ1) is 22.6. The minimum absolute atomic E-state index is 0.0414. The maximum absolute atomic E-state index is 12.5. The van der Waals surface area contributed by atoms with Crippen molar-refractivity contribution in [2.24, 2.45) is 5.14 Å². The standard InChI is InChI=1S/C31H30FN7O6S2/c32-11-12-44-25-7-5-20(6-8-25)13-24(17-35-28(30(40)41)14-21-1-3-22(16-33)4-2-21)39-18-23(37-38-39)19-45-26-9-10-27-29(15-26)46-31(36-27)47(34,42)43/h1-10,15,18,24,28,35H,11-14,17,19H2,(H,40,41)(H2,34,42,43)/t24-,28+/m1/s1. The van der Waals surface area contributed by atoms with E-state index in [1.54, 1.807) is 65.5 Å². The third-order valence-corrected chi connectivity index (χ3v) is 9.40. The summed E-state index contributed by atoms with van der Waals surface area (Å²) in [6.45, 7) is -0.352. The van der Waals surface area contributed by atoms with Crippen molar-refractivity contribution >= 4 is 37.5 Å². The SMILES string of the molecule is N#Cc1ccc(C[C@H](NC[C@@H](Cc2ccc(OCCF)cc2)n2cc(COc3ccc4nc(S(N)(=O)=O)sc4c3)nn2)C(=O)O)cc1. The Labute approximate surface area is 273 Å². The highest BCUT2D eigenvalue weighted by Crippen LogP contribution is 2.28. The summed E-state index contributed by atoms with van der Waals surface area (Å²) in [5.41, 5.74) is 3.15. The molecule has 5 rings (SSSR count). The van der Waals surface area contributed by atoms with Crippen molar-refractivity contribution < 1.29 is 32.2 Å². The lowest BCUT2D eigenvalue weighted by molar-refractivity contribution is -0.139. The smallest absolute Gasteiger partial charge is 0.321 e. The van der Waals surface area contributed by atoms with E-state index in [0.29, 0.717) is 39.4 Å². The van der Waals surface area contributed by atoms with Gasteiger partial charge in [0, 0.05) is 6.54 Å². The van der Waals surface area contributed by atoms with Gasteiger partial charge in [0.2, 0.25) is 4.34 Å². The van der Waals surface area contributed by atoms with Crippen LogP contribution in [0, 0.1) is 11.3 Å². The molecule has 0 aliphatic rings. The summed E-state index contributed by atoms with van der Waals surface area (Å²) in [7, 11) is -3.92. The summed E-state index contributed by atoms with van der Waals surface area (Å²) in [6.07, 6.45) is 2.37. The van der Waals surface area contributed by atoms with Crippen LogP contribution >= 0.6 is 11.3 Å². The predicted molar refractivity (Wildman–Crippen MR) is 170 cm³/mol. The van der Waals surface area contributed by atoms with E-state index in [4.69, 9.17) is 19.9 Å². The van der Waals surface area contributed by atoms with E-state index >= 15 is 0 Å². The molecule has 5 aromatic rings. The zero-order valence-corrected chi connectivity index (χ0v) is 26.5. The number of primary sulfonamides is 1. The number of carboxylic acids is 1. The van der Waals surface area contributed by atoms with Crippen molar-refractivity contribution in [3.8, 4) is 17.6 Å². The molecule has 0 aliphatic heterocycles. The first-order valence-corrected chi connectivity index (χ1v) is 16.7.